The quantitative estimate of drug-likeness (QED) is 0.771. The van der Waals surface area contributed by atoms with E-state index in [-0.39, 0.29) is 12.0 Å². The molecule has 144 valence electrons. The van der Waals surface area contributed by atoms with Gasteiger partial charge in [-0.25, -0.2) is 0 Å². The van der Waals surface area contributed by atoms with Crippen LogP contribution in [0, 0.1) is 0 Å². The molecule has 1 saturated heterocycles. The minimum Gasteiger partial charge on any atom is -0.490 e. The predicted molar refractivity (Wildman–Crippen MR) is 108 cm³/mol. The first-order valence-corrected chi connectivity index (χ1v) is 9.68. The van der Waals surface area contributed by atoms with Gasteiger partial charge >= 0.3 is 0 Å². The van der Waals surface area contributed by atoms with Gasteiger partial charge in [-0.05, 0) is 56.2 Å². The zero-order valence-corrected chi connectivity index (χ0v) is 16.2. The second-order valence-electron chi connectivity index (χ2n) is 6.53. The molecular weight excluding hydrogens is 364 g/mol. The highest BCUT2D eigenvalue weighted by Crippen LogP contribution is 2.29. The average Bonchev–Trinajstić information content (AvgIpc) is 2.67. The molecule has 1 fully saturated rings. The lowest BCUT2D eigenvalue weighted by Crippen LogP contribution is -2.42. The first kappa shape index (κ1) is 19.5. The third-order valence-electron chi connectivity index (χ3n) is 4.47. The lowest BCUT2D eigenvalue weighted by molar-refractivity contribution is -0.117. The van der Waals surface area contributed by atoms with Crippen molar-refractivity contribution in [3.63, 3.8) is 0 Å². The lowest BCUT2D eigenvalue weighted by Gasteiger charge is -2.32. The Balaban J connectivity index is 1.45. The molecule has 0 atom stereocenters. The monoisotopic (exact) mass is 388 g/mol. The third-order valence-corrected chi connectivity index (χ3v) is 4.72. The van der Waals surface area contributed by atoms with E-state index in [2.05, 4.69) is 10.2 Å². The molecule has 1 heterocycles. The van der Waals surface area contributed by atoms with Gasteiger partial charge in [0.25, 0.3) is 0 Å². The van der Waals surface area contributed by atoms with Crippen LogP contribution >= 0.6 is 11.6 Å². The van der Waals surface area contributed by atoms with Crippen LogP contribution in [0.4, 0.5) is 5.69 Å². The van der Waals surface area contributed by atoms with Crippen molar-refractivity contribution in [2.24, 2.45) is 0 Å². The highest BCUT2D eigenvalue weighted by atomic mass is 35.5. The van der Waals surface area contributed by atoms with Crippen LogP contribution in [0.1, 0.15) is 19.8 Å². The van der Waals surface area contributed by atoms with Crippen molar-refractivity contribution >= 4 is 23.2 Å². The summed E-state index contributed by atoms with van der Waals surface area (Å²) in [6, 6.07) is 14.9. The van der Waals surface area contributed by atoms with Crippen LogP contribution in [0.5, 0.6) is 11.5 Å². The Kier molecular flexibility index (Phi) is 6.96. The van der Waals surface area contributed by atoms with E-state index in [1.807, 2.05) is 31.2 Å². The number of rotatable bonds is 7. The van der Waals surface area contributed by atoms with E-state index >= 15 is 0 Å². The molecule has 1 aliphatic rings. The van der Waals surface area contributed by atoms with Crippen molar-refractivity contribution < 1.29 is 14.3 Å². The summed E-state index contributed by atoms with van der Waals surface area (Å²) in [5.74, 6) is 1.56. The lowest BCUT2D eigenvalue weighted by atomic mass is 10.1. The van der Waals surface area contributed by atoms with Crippen molar-refractivity contribution in [1.82, 2.24) is 4.90 Å². The normalized spacial score (nSPS) is 15.3. The second kappa shape index (κ2) is 9.62. The van der Waals surface area contributed by atoms with E-state index in [4.69, 9.17) is 21.1 Å². The highest BCUT2D eigenvalue weighted by molar-refractivity contribution is 6.30. The molecule has 0 spiro atoms. The maximum atomic E-state index is 12.2. The molecule has 27 heavy (non-hydrogen) atoms. The highest BCUT2D eigenvalue weighted by Gasteiger charge is 2.23. The van der Waals surface area contributed by atoms with Gasteiger partial charge in [-0.2, -0.15) is 0 Å². The van der Waals surface area contributed by atoms with Gasteiger partial charge in [0.15, 0.2) is 11.5 Å². The van der Waals surface area contributed by atoms with Gasteiger partial charge in [-0.15, -0.1) is 0 Å². The molecule has 1 aliphatic heterocycles. The summed E-state index contributed by atoms with van der Waals surface area (Å²) >= 11 is 5.86. The molecule has 1 N–H and O–H groups in total. The standard InChI is InChI=1S/C21H25ClN2O3/c1-2-26-19-5-3-4-6-20(19)27-18-11-13-24(14-12-18)15-21(25)23-17-9-7-16(22)8-10-17/h3-10,18H,2,11-15H2,1H3,(H,23,25). The molecule has 2 aromatic rings. The number of amides is 1. The molecule has 0 aliphatic carbocycles. The SMILES string of the molecule is CCOc1ccccc1OC1CCN(CC(=O)Nc2ccc(Cl)cc2)CC1. The summed E-state index contributed by atoms with van der Waals surface area (Å²) in [6.45, 7) is 4.61. The largest absolute Gasteiger partial charge is 0.490 e. The third kappa shape index (κ3) is 5.88. The molecule has 3 rings (SSSR count). The minimum atomic E-state index is -0.0154. The van der Waals surface area contributed by atoms with Gasteiger partial charge in [0.1, 0.15) is 6.10 Å². The van der Waals surface area contributed by atoms with Crippen LogP contribution in [-0.4, -0.2) is 43.2 Å². The maximum Gasteiger partial charge on any atom is 0.238 e. The van der Waals surface area contributed by atoms with Crippen LogP contribution in [0.15, 0.2) is 48.5 Å². The number of benzene rings is 2. The zero-order valence-electron chi connectivity index (χ0n) is 15.5. The molecule has 0 bridgehead atoms. The number of carbonyl (C=O) groups is 1. The molecule has 0 unspecified atom stereocenters. The van der Waals surface area contributed by atoms with E-state index in [0.717, 1.165) is 43.1 Å². The Morgan fingerprint density at radius 1 is 1.11 bits per heavy atom. The number of nitrogens with one attached hydrogen (secondary N) is 1. The number of anilines is 1. The van der Waals surface area contributed by atoms with Crippen molar-refractivity contribution in [3.05, 3.63) is 53.6 Å². The summed E-state index contributed by atoms with van der Waals surface area (Å²) in [6.07, 6.45) is 1.91. The van der Waals surface area contributed by atoms with Gasteiger partial charge in [0, 0.05) is 23.8 Å². The molecule has 2 aromatic carbocycles. The van der Waals surface area contributed by atoms with E-state index in [9.17, 15) is 4.79 Å². The Hall–Kier alpha value is -2.24. The van der Waals surface area contributed by atoms with Crippen LogP contribution in [-0.2, 0) is 4.79 Å². The smallest absolute Gasteiger partial charge is 0.238 e. The predicted octanol–water partition coefficient (Wildman–Crippen LogP) is 4.22. The maximum absolute atomic E-state index is 12.2. The van der Waals surface area contributed by atoms with Gasteiger partial charge in [-0.1, -0.05) is 23.7 Å². The Morgan fingerprint density at radius 2 is 1.78 bits per heavy atom. The van der Waals surface area contributed by atoms with Gasteiger partial charge in [0.05, 0.1) is 13.2 Å². The molecule has 5 nitrogen and oxygen atoms in total. The topological polar surface area (TPSA) is 50.8 Å². The Morgan fingerprint density at radius 3 is 2.44 bits per heavy atom. The molecule has 0 saturated carbocycles. The van der Waals surface area contributed by atoms with E-state index in [0.29, 0.717) is 18.2 Å². The number of ether oxygens (including phenoxy) is 2. The number of carbonyl (C=O) groups excluding carboxylic acids is 1. The average molecular weight is 389 g/mol. The van der Waals surface area contributed by atoms with Crippen LogP contribution in [0.3, 0.4) is 0 Å². The number of nitrogens with zero attached hydrogens (tertiary/aromatic N) is 1. The second-order valence-corrected chi connectivity index (χ2v) is 6.96. The van der Waals surface area contributed by atoms with E-state index < -0.39 is 0 Å². The summed E-state index contributed by atoms with van der Waals surface area (Å²) in [5, 5.41) is 3.56. The number of para-hydroxylation sites is 2. The molecule has 1 amide bonds. The van der Waals surface area contributed by atoms with Crippen LogP contribution in [0.25, 0.3) is 0 Å². The van der Waals surface area contributed by atoms with Gasteiger partial charge in [0.2, 0.25) is 5.91 Å². The van der Waals surface area contributed by atoms with Gasteiger partial charge < -0.3 is 14.8 Å². The fraction of sp³-hybridized carbons (Fsp3) is 0.381. The Labute approximate surface area is 165 Å². The van der Waals surface area contributed by atoms with Crippen molar-refractivity contribution in [1.29, 1.82) is 0 Å². The summed E-state index contributed by atoms with van der Waals surface area (Å²) in [4.78, 5) is 14.4. The number of likely N-dealkylation sites (tertiary alicyclic amines) is 1. The van der Waals surface area contributed by atoms with E-state index in [1.54, 1.807) is 24.3 Å². The number of halogens is 1. The fourth-order valence-electron chi connectivity index (χ4n) is 3.12. The van der Waals surface area contributed by atoms with Crippen molar-refractivity contribution in [2.75, 3.05) is 31.6 Å². The zero-order chi connectivity index (χ0) is 19.1. The first-order valence-electron chi connectivity index (χ1n) is 9.30. The number of hydrogen-bond acceptors (Lipinski definition) is 4. The van der Waals surface area contributed by atoms with Crippen LogP contribution < -0.4 is 14.8 Å². The summed E-state index contributed by atoms with van der Waals surface area (Å²) in [5.41, 5.74) is 0.759. The van der Waals surface area contributed by atoms with Crippen molar-refractivity contribution in [2.45, 2.75) is 25.9 Å². The molecule has 6 heteroatoms. The molecule has 0 aromatic heterocycles. The van der Waals surface area contributed by atoms with Crippen LogP contribution in [0.2, 0.25) is 5.02 Å². The Bertz CT molecular complexity index is 743. The summed E-state index contributed by atoms with van der Waals surface area (Å²) < 4.78 is 11.8. The van der Waals surface area contributed by atoms with Crippen molar-refractivity contribution in [3.8, 4) is 11.5 Å². The van der Waals surface area contributed by atoms with Gasteiger partial charge in [-0.3, -0.25) is 9.69 Å². The number of hydrogen-bond donors (Lipinski definition) is 1. The molecular formula is C21H25ClN2O3. The van der Waals surface area contributed by atoms with E-state index in [1.165, 1.54) is 0 Å². The summed E-state index contributed by atoms with van der Waals surface area (Å²) in [7, 11) is 0. The number of piperidine rings is 1. The first-order chi connectivity index (χ1) is 13.1. The molecule has 0 radical (unpaired) electrons. The fourth-order valence-corrected chi connectivity index (χ4v) is 3.25. The minimum absolute atomic E-state index is 0.0154.